The SMILES string of the molecule is CSCCC(NC(=O)C(C)N)C(=O)OC(=O)C(N)CS. The summed E-state index contributed by atoms with van der Waals surface area (Å²) in [5.41, 5.74) is 10.8. The molecular weight excluding hydrogens is 302 g/mol. The summed E-state index contributed by atoms with van der Waals surface area (Å²) >= 11 is 5.34. The first kappa shape index (κ1) is 19.2. The minimum absolute atomic E-state index is 0.0633. The zero-order valence-corrected chi connectivity index (χ0v) is 13.2. The van der Waals surface area contributed by atoms with Crippen molar-refractivity contribution in [1.29, 1.82) is 0 Å². The van der Waals surface area contributed by atoms with E-state index in [1.54, 1.807) is 0 Å². The molecule has 0 saturated carbocycles. The highest BCUT2D eigenvalue weighted by atomic mass is 32.2. The number of thiol groups is 1. The number of amides is 1. The van der Waals surface area contributed by atoms with Crippen LogP contribution in [-0.4, -0.2) is 53.7 Å². The maximum absolute atomic E-state index is 11.8. The molecule has 3 unspecified atom stereocenters. The van der Waals surface area contributed by atoms with Gasteiger partial charge in [0.1, 0.15) is 12.1 Å². The van der Waals surface area contributed by atoms with E-state index in [0.29, 0.717) is 12.2 Å². The summed E-state index contributed by atoms with van der Waals surface area (Å²) in [6.07, 6.45) is 2.19. The van der Waals surface area contributed by atoms with E-state index in [4.69, 9.17) is 11.5 Å². The van der Waals surface area contributed by atoms with Crippen LogP contribution in [0.5, 0.6) is 0 Å². The van der Waals surface area contributed by atoms with Crippen LogP contribution in [0.3, 0.4) is 0 Å². The standard InChI is InChI=1S/C11H21N3O4S2/c1-6(12)9(15)14-8(3-4-20-2)11(17)18-10(16)7(13)5-19/h6-8,19H,3-5,12-13H2,1-2H3,(H,14,15). The summed E-state index contributed by atoms with van der Waals surface area (Å²) in [4.78, 5) is 34.8. The monoisotopic (exact) mass is 323 g/mol. The van der Waals surface area contributed by atoms with E-state index in [0.717, 1.165) is 0 Å². The van der Waals surface area contributed by atoms with Crippen LogP contribution in [0.15, 0.2) is 0 Å². The number of rotatable bonds is 8. The summed E-state index contributed by atoms with van der Waals surface area (Å²) in [7, 11) is 0. The molecule has 0 rings (SSSR count). The van der Waals surface area contributed by atoms with Crippen LogP contribution in [0.1, 0.15) is 13.3 Å². The number of ether oxygens (including phenoxy) is 1. The van der Waals surface area contributed by atoms with Crippen molar-refractivity contribution < 1.29 is 19.1 Å². The lowest BCUT2D eigenvalue weighted by Gasteiger charge is -2.18. The second-order valence-corrected chi connectivity index (χ2v) is 5.51. The van der Waals surface area contributed by atoms with E-state index in [1.807, 2.05) is 6.26 Å². The van der Waals surface area contributed by atoms with Gasteiger partial charge in [-0.05, 0) is 25.4 Å². The molecule has 0 aliphatic heterocycles. The van der Waals surface area contributed by atoms with Crippen LogP contribution in [0.4, 0.5) is 0 Å². The Morgan fingerprint density at radius 3 is 2.35 bits per heavy atom. The van der Waals surface area contributed by atoms with Gasteiger partial charge in [0, 0.05) is 5.75 Å². The van der Waals surface area contributed by atoms with Crippen LogP contribution in [0, 0.1) is 0 Å². The third kappa shape index (κ3) is 7.13. The number of nitrogens with one attached hydrogen (secondary N) is 1. The van der Waals surface area contributed by atoms with Gasteiger partial charge in [-0.1, -0.05) is 0 Å². The van der Waals surface area contributed by atoms with Gasteiger partial charge in [-0.25, -0.2) is 9.59 Å². The maximum Gasteiger partial charge on any atom is 0.336 e. The topological polar surface area (TPSA) is 125 Å². The van der Waals surface area contributed by atoms with Gasteiger partial charge >= 0.3 is 11.9 Å². The van der Waals surface area contributed by atoms with Crippen molar-refractivity contribution in [3.63, 3.8) is 0 Å². The fraction of sp³-hybridized carbons (Fsp3) is 0.727. The number of nitrogens with two attached hydrogens (primary N) is 2. The summed E-state index contributed by atoms with van der Waals surface area (Å²) < 4.78 is 4.63. The zero-order chi connectivity index (χ0) is 15.7. The lowest BCUT2D eigenvalue weighted by atomic mass is 10.2. The normalized spacial score (nSPS) is 15.1. The van der Waals surface area contributed by atoms with Crippen molar-refractivity contribution in [3.8, 4) is 0 Å². The average Bonchev–Trinajstić information content (AvgIpc) is 2.41. The molecule has 0 heterocycles. The molecule has 0 spiro atoms. The number of esters is 2. The summed E-state index contributed by atoms with van der Waals surface area (Å²) in [5, 5.41) is 2.45. The van der Waals surface area contributed by atoms with Gasteiger partial charge in [-0.3, -0.25) is 4.79 Å². The molecule has 20 heavy (non-hydrogen) atoms. The van der Waals surface area contributed by atoms with Crippen molar-refractivity contribution >= 4 is 42.2 Å². The van der Waals surface area contributed by atoms with Gasteiger partial charge in [0.25, 0.3) is 0 Å². The molecule has 0 bridgehead atoms. The Balaban J connectivity index is 4.63. The minimum atomic E-state index is -0.979. The molecule has 3 atom stereocenters. The Labute approximate surface area is 127 Å². The average molecular weight is 323 g/mol. The second-order valence-electron chi connectivity index (χ2n) is 4.16. The Hall–Kier alpha value is -0.770. The number of hydrogen-bond acceptors (Lipinski definition) is 8. The minimum Gasteiger partial charge on any atom is -0.390 e. The molecule has 0 aromatic rings. The van der Waals surface area contributed by atoms with E-state index in [1.165, 1.54) is 18.7 Å². The Kier molecular flexibility index (Phi) is 9.64. The fourth-order valence-corrected chi connectivity index (χ4v) is 1.73. The van der Waals surface area contributed by atoms with E-state index < -0.39 is 36.0 Å². The molecule has 0 saturated heterocycles. The molecule has 1 amide bonds. The van der Waals surface area contributed by atoms with Crippen LogP contribution < -0.4 is 16.8 Å². The largest absolute Gasteiger partial charge is 0.390 e. The summed E-state index contributed by atoms with van der Waals surface area (Å²) in [6.45, 7) is 1.49. The fourth-order valence-electron chi connectivity index (χ4n) is 1.11. The smallest absolute Gasteiger partial charge is 0.336 e. The van der Waals surface area contributed by atoms with Crippen molar-refractivity contribution in [2.75, 3.05) is 17.8 Å². The van der Waals surface area contributed by atoms with E-state index in [2.05, 4.69) is 22.7 Å². The third-order valence-electron chi connectivity index (χ3n) is 2.33. The zero-order valence-electron chi connectivity index (χ0n) is 11.5. The van der Waals surface area contributed by atoms with Crippen LogP contribution >= 0.6 is 24.4 Å². The number of carbonyl (C=O) groups is 3. The molecular formula is C11H21N3O4S2. The molecule has 5 N–H and O–H groups in total. The van der Waals surface area contributed by atoms with Gasteiger partial charge in [0.15, 0.2) is 0 Å². The molecule has 0 aliphatic carbocycles. The van der Waals surface area contributed by atoms with Crippen molar-refractivity contribution in [1.82, 2.24) is 5.32 Å². The lowest BCUT2D eigenvalue weighted by molar-refractivity contribution is -0.162. The Morgan fingerprint density at radius 1 is 1.30 bits per heavy atom. The van der Waals surface area contributed by atoms with Gasteiger partial charge < -0.3 is 21.5 Å². The van der Waals surface area contributed by atoms with Crippen LogP contribution in [0.2, 0.25) is 0 Å². The molecule has 0 fully saturated rings. The number of hydrogen-bond donors (Lipinski definition) is 4. The first-order valence-electron chi connectivity index (χ1n) is 6.00. The van der Waals surface area contributed by atoms with E-state index in [9.17, 15) is 14.4 Å². The Bertz CT molecular complexity index is 353. The van der Waals surface area contributed by atoms with E-state index >= 15 is 0 Å². The van der Waals surface area contributed by atoms with Crippen molar-refractivity contribution in [3.05, 3.63) is 0 Å². The third-order valence-corrected chi connectivity index (χ3v) is 3.36. The Morgan fingerprint density at radius 2 is 1.90 bits per heavy atom. The highest BCUT2D eigenvalue weighted by Gasteiger charge is 2.27. The molecule has 0 aromatic carbocycles. The lowest BCUT2D eigenvalue weighted by Crippen LogP contribution is -2.49. The number of carbonyl (C=O) groups excluding carboxylic acids is 3. The van der Waals surface area contributed by atoms with Gasteiger partial charge in [0.05, 0.1) is 6.04 Å². The van der Waals surface area contributed by atoms with Gasteiger partial charge in [-0.2, -0.15) is 24.4 Å². The van der Waals surface area contributed by atoms with E-state index in [-0.39, 0.29) is 5.75 Å². The predicted molar refractivity (Wildman–Crippen MR) is 81.5 cm³/mol. The van der Waals surface area contributed by atoms with Gasteiger partial charge in [-0.15, -0.1) is 0 Å². The quantitative estimate of drug-likeness (QED) is 0.254. The highest BCUT2D eigenvalue weighted by molar-refractivity contribution is 7.98. The second kappa shape index (κ2) is 10.0. The summed E-state index contributed by atoms with van der Waals surface area (Å²) in [6, 6.07) is -2.65. The van der Waals surface area contributed by atoms with Crippen LogP contribution in [-0.2, 0) is 19.1 Å². The molecule has 0 aliphatic rings. The molecule has 116 valence electrons. The van der Waals surface area contributed by atoms with Crippen molar-refractivity contribution in [2.45, 2.75) is 31.5 Å². The first-order valence-corrected chi connectivity index (χ1v) is 8.03. The predicted octanol–water partition coefficient (Wildman–Crippen LogP) is -1.10. The van der Waals surface area contributed by atoms with Crippen molar-refractivity contribution in [2.24, 2.45) is 11.5 Å². The van der Waals surface area contributed by atoms with Crippen LogP contribution in [0.25, 0.3) is 0 Å². The maximum atomic E-state index is 11.8. The summed E-state index contributed by atoms with van der Waals surface area (Å²) in [5.74, 6) is -1.51. The molecule has 9 heteroatoms. The highest BCUT2D eigenvalue weighted by Crippen LogP contribution is 2.04. The molecule has 7 nitrogen and oxygen atoms in total. The number of thioether (sulfide) groups is 1. The molecule has 0 aromatic heterocycles. The molecule has 0 radical (unpaired) electrons. The first-order chi connectivity index (χ1) is 9.33. The van der Waals surface area contributed by atoms with Gasteiger partial charge in [0.2, 0.25) is 5.91 Å².